The molecule has 0 aliphatic rings. The van der Waals surface area contributed by atoms with Crippen LogP contribution in [0.4, 0.5) is 0 Å². The molecular weight excluding hydrogens is 328 g/mol. The molecule has 0 saturated heterocycles. The van der Waals surface area contributed by atoms with Crippen LogP contribution in [0.5, 0.6) is 0 Å². The smallest absolute Gasteiger partial charge is 0.404 e. The molecule has 1 aromatic carbocycles. The van der Waals surface area contributed by atoms with Gasteiger partial charge in [-0.05, 0) is 39.3 Å². The van der Waals surface area contributed by atoms with Gasteiger partial charge in [-0.25, -0.2) is 14.8 Å². The Morgan fingerprint density at radius 3 is 2.81 bits per heavy atom. The number of nitrogens with one attached hydrogen (secondary N) is 2. The molecule has 0 amide bonds. The molecule has 4 aromatic rings. The SMILES string of the molecule is CCc1c(C(=O)OC(C)C)[nH+]cc2nc3ccc4[nH]c(C)cnc4c3c12. The second-order valence-corrected chi connectivity index (χ2v) is 6.74. The Bertz CT molecular complexity index is 1160. The van der Waals surface area contributed by atoms with E-state index in [0.717, 1.165) is 44.1 Å². The van der Waals surface area contributed by atoms with Gasteiger partial charge in [0, 0.05) is 28.2 Å². The number of ether oxygens (including phenoxy) is 1. The predicted octanol–water partition coefficient (Wildman–Crippen LogP) is 3.51. The Balaban J connectivity index is 2.10. The zero-order valence-electron chi connectivity index (χ0n) is 15.3. The molecule has 0 unspecified atom stereocenters. The number of esters is 1. The monoisotopic (exact) mass is 349 g/mol. The average molecular weight is 349 g/mol. The van der Waals surface area contributed by atoms with Gasteiger partial charge >= 0.3 is 5.97 Å². The summed E-state index contributed by atoms with van der Waals surface area (Å²) >= 11 is 0. The van der Waals surface area contributed by atoms with E-state index >= 15 is 0 Å². The topological polar surface area (TPSA) is 82.0 Å². The van der Waals surface area contributed by atoms with Gasteiger partial charge in [0.15, 0.2) is 6.20 Å². The first-order valence-electron chi connectivity index (χ1n) is 8.82. The third-order valence-corrected chi connectivity index (χ3v) is 4.48. The van der Waals surface area contributed by atoms with Crippen molar-refractivity contribution in [2.75, 3.05) is 0 Å². The van der Waals surface area contributed by atoms with Gasteiger partial charge < -0.3 is 9.72 Å². The van der Waals surface area contributed by atoms with Crippen LogP contribution in [0.3, 0.4) is 0 Å². The van der Waals surface area contributed by atoms with Crippen LogP contribution in [-0.2, 0) is 11.2 Å². The van der Waals surface area contributed by atoms with Crippen molar-refractivity contribution in [3.63, 3.8) is 0 Å². The number of H-pyrrole nitrogens is 2. The number of hydrogen-bond donors (Lipinski definition) is 1. The number of aryl methyl sites for hydroxylation is 2. The molecule has 0 fully saturated rings. The number of benzene rings is 1. The van der Waals surface area contributed by atoms with E-state index in [2.05, 4.69) is 15.0 Å². The van der Waals surface area contributed by atoms with Crippen molar-refractivity contribution in [2.45, 2.75) is 40.2 Å². The van der Waals surface area contributed by atoms with E-state index in [0.29, 0.717) is 12.1 Å². The third-order valence-electron chi connectivity index (χ3n) is 4.48. The zero-order valence-corrected chi connectivity index (χ0v) is 15.3. The highest BCUT2D eigenvalue weighted by atomic mass is 16.5. The maximum Gasteiger partial charge on any atom is 0.404 e. The van der Waals surface area contributed by atoms with Crippen molar-refractivity contribution in [1.29, 1.82) is 0 Å². The summed E-state index contributed by atoms with van der Waals surface area (Å²) in [6.45, 7) is 7.70. The van der Waals surface area contributed by atoms with Gasteiger partial charge in [-0.1, -0.05) is 6.92 Å². The molecule has 2 N–H and O–H groups in total. The van der Waals surface area contributed by atoms with Gasteiger partial charge in [-0.15, -0.1) is 0 Å². The Labute approximate surface area is 150 Å². The summed E-state index contributed by atoms with van der Waals surface area (Å²) in [7, 11) is 0. The lowest BCUT2D eigenvalue weighted by atomic mass is 10.0. The minimum atomic E-state index is -0.344. The van der Waals surface area contributed by atoms with Crippen molar-refractivity contribution < 1.29 is 14.5 Å². The largest absolute Gasteiger partial charge is 0.455 e. The third kappa shape index (κ3) is 2.49. The number of aromatic amines is 2. The van der Waals surface area contributed by atoms with Crippen LogP contribution < -0.4 is 4.98 Å². The summed E-state index contributed by atoms with van der Waals surface area (Å²) in [5.41, 5.74) is 5.89. The van der Waals surface area contributed by atoms with Crippen molar-refractivity contribution in [3.8, 4) is 0 Å². The molecule has 0 radical (unpaired) electrons. The molecule has 0 spiro atoms. The second-order valence-electron chi connectivity index (χ2n) is 6.74. The van der Waals surface area contributed by atoms with Gasteiger partial charge in [0.25, 0.3) is 5.69 Å². The Kier molecular flexibility index (Phi) is 3.83. The molecular formula is C20H21N4O2+. The number of fused-ring (bicyclic) bond motifs is 5. The molecule has 26 heavy (non-hydrogen) atoms. The molecule has 132 valence electrons. The van der Waals surface area contributed by atoms with E-state index in [4.69, 9.17) is 9.72 Å². The molecule has 0 aliphatic heterocycles. The standard InChI is InChI=1S/C20H20N4O2/c1-5-12-16-15(9-22-18(12)20(25)26-10(2)3)24-13-6-7-14-19(17(13)16)21-8-11(4)23-14/h6-10,23H,5H2,1-4H3/p+1. The Hall–Kier alpha value is -3.02. The van der Waals surface area contributed by atoms with Crippen LogP contribution in [0.1, 0.15) is 42.5 Å². The van der Waals surface area contributed by atoms with Gasteiger partial charge in [-0.3, -0.25) is 4.98 Å². The minimum Gasteiger partial charge on any atom is -0.455 e. The van der Waals surface area contributed by atoms with E-state index in [1.165, 1.54) is 0 Å². The minimum absolute atomic E-state index is 0.175. The number of carbonyl (C=O) groups excluding carboxylic acids is 1. The van der Waals surface area contributed by atoms with Crippen LogP contribution in [0.25, 0.3) is 32.8 Å². The number of hydrogen-bond acceptors (Lipinski definition) is 4. The van der Waals surface area contributed by atoms with Crippen LogP contribution >= 0.6 is 0 Å². The molecule has 0 aliphatic carbocycles. The fourth-order valence-corrected chi connectivity index (χ4v) is 3.45. The molecule has 3 aromatic heterocycles. The lowest BCUT2D eigenvalue weighted by molar-refractivity contribution is -0.382. The van der Waals surface area contributed by atoms with Crippen molar-refractivity contribution in [1.82, 2.24) is 15.0 Å². The molecule has 0 saturated carbocycles. The predicted molar refractivity (Wildman–Crippen MR) is 100 cm³/mol. The molecule has 0 bridgehead atoms. The number of aromatic nitrogens is 4. The first-order valence-corrected chi connectivity index (χ1v) is 8.82. The summed E-state index contributed by atoms with van der Waals surface area (Å²) in [5.74, 6) is -0.344. The number of nitrogens with zero attached hydrogens (tertiary/aromatic N) is 2. The van der Waals surface area contributed by atoms with Gasteiger partial charge in [0.05, 0.1) is 22.7 Å². The van der Waals surface area contributed by atoms with Gasteiger partial charge in [-0.2, -0.15) is 0 Å². The van der Waals surface area contributed by atoms with E-state index in [1.807, 2.05) is 46.0 Å². The highest BCUT2D eigenvalue weighted by Gasteiger charge is 2.26. The summed E-state index contributed by atoms with van der Waals surface area (Å²) in [5, 5.41) is 1.94. The fraction of sp³-hybridized carbons (Fsp3) is 0.300. The summed E-state index contributed by atoms with van der Waals surface area (Å²) in [6.07, 6.45) is 4.10. The first-order chi connectivity index (χ1) is 12.5. The average Bonchev–Trinajstić information content (AvgIpc) is 2.98. The highest BCUT2D eigenvalue weighted by molar-refractivity contribution is 6.19. The Morgan fingerprint density at radius 1 is 1.27 bits per heavy atom. The fourth-order valence-electron chi connectivity index (χ4n) is 3.45. The zero-order chi connectivity index (χ0) is 18.4. The summed E-state index contributed by atoms with van der Waals surface area (Å²) in [6, 6.07) is 3.98. The van der Waals surface area contributed by atoms with Crippen LogP contribution in [-0.4, -0.2) is 27.0 Å². The van der Waals surface area contributed by atoms with Crippen LogP contribution in [0.15, 0.2) is 24.5 Å². The van der Waals surface area contributed by atoms with Crippen molar-refractivity contribution in [2.24, 2.45) is 0 Å². The molecule has 6 heteroatoms. The van der Waals surface area contributed by atoms with Gasteiger partial charge in [0.1, 0.15) is 5.52 Å². The van der Waals surface area contributed by atoms with Crippen molar-refractivity contribution >= 4 is 38.8 Å². The highest BCUT2D eigenvalue weighted by Crippen LogP contribution is 2.33. The number of rotatable bonds is 3. The lowest BCUT2D eigenvalue weighted by Gasteiger charge is -2.08. The van der Waals surface area contributed by atoms with E-state index in [1.54, 1.807) is 6.20 Å². The molecule has 4 rings (SSSR count). The molecule has 6 nitrogen and oxygen atoms in total. The summed E-state index contributed by atoms with van der Waals surface area (Å²) < 4.78 is 5.41. The normalized spacial score (nSPS) is 11.7. The van der Waals surface area contributed by atoms with E-state index in [9.17, 15) is 4.79 Å². The van der Waals surface area contributed by atoms with E-state index in [-0.39, 0.29) is 12.1 Å². The number of carbonyl (C=O) groups is 1. The van der Waals surface area contributed by atoms with E-state index < -0.39 is 0 Å². The maximum absolute atomic E-state index is 12.5. The van der Waals surface area contributed by atoms with Crippen LogP contribution in [0.2, 0.25) is 0 Å². The quantitative estimate of drug-likeness (QED) is 0.574. The second kappa shape index (κ2) is 6.05. The first kappa shape index (κ1) is 16.4. The summed E-state index contributed by atoms with van der Waals surface area (Å²) in [4.78, 5) is 28.3. The van der Waals surface area contributed by atoms with Crippen LogP contribution in [0, 0.1) is 6.92 Å². The molecule has 0 atom stereocenters. The number of pyridine rings is 1. The Morgan fingerprint density at radius 2 is 2.08 bits per heavy atom. The molecule has 3 heterocycles. The maximum atomic E-state index is 12.5. The van der Waals surface area contributed by atoms with Gasteiger partial charge in [0.2, 0.25) is 0 Å². The van der Waals surface area contributed by atoms with Crippen molar-refractivity contribution in [3.05, 3.63) is 41.5 Å². The lowest BCUT2D eigenvalue weighted by Crippen LogP contribution is -2.24.